The summed E-state index contributed by atoms with van der Waals surface area (Å²) in [6.07, 6.45) is 0.726. The lowest BCUT2D eigenvalue weighted by atomic mass is 9.94. The van der Waals surface area contributed by atoms with Gasteiger partial charge in [0.05, 0.1) is 11.4 Å². The molecular weight excluding hydrogens is 709 g/mol. The highest BCUT2D eigenvalue weighted by molar-refractivity contribution is 6.23. The monoisotopic (exact) mass is 740 g/mol. The van der Waals surface area contributed by atoms with Crippen molar-refractivity contribution in [3.8, 4) is 45.3 Å². The molecule has 0 bridgehead atoms. The van der Waals surface area contributed by atoms with E-state index in [0.717, 1.165) is 83.6 Å². The highest BCUT2D eigenvalue weighted by Crippen LogP contribution is 2.44. The van der Waals surface area contributed by atoms with Crippen LogP contribution in [-0.4, -0.2) is 20.7 Å². The summed E-state index contributed by atoms with van der Waals surface area (Å²) in [7, 11) is 0. The second-order valence-corrected chi connectivity index (χ2v) is 15.0. The van der Waals surface area contributed by atoms with Crippen molar-refractivity contribution in [2.24, 2.45) is 4.99 Å². The van der Waals surface area contributed by atoms with Gasteiger partial charge in [-0.3, -0.25) is 4.99 Å². The molecule has 1 aliphatic heterocycles. The lowest BCUT2D eigenvalue weighted by Gasteiger charge is -2.13. The van der Waals surface area contributed by atoms with E-state index in [1.807, 2.05) is 18.2 Å². The molecule has 58 heavy (non-hydrogen) atoms. The summed E-state index contributed by atoms with van der Waals surface area (Å²) in [4.78, 5) is 20.7. The fourth-order valence-corrected chi connectivity index (χ4v) is 8.75. The van der Waals surface area contributed by atoms with E-state index in [0.29, 0.717) is 17.5 Å². The topological polar surface area (TPSA) is 64.2 Å². The molecule has 0 N–H and O–H groups in total. The summed E-state index contributed by atoms with van der Waals surface area (Å²) < 4.78 is 6.57. The van der Waals surface area contributed by atoms with Crippen LogP contribution in [0.1, 0.15) is 11.1 Å². The molecule has 12 rings (SSSR count). The first-order chi connectivity index (χ1) is 28.7. The van der Waals surface area contributed by atoms with E-state index < -0.39 is 0 Å². The quantitative estimate of drug-likeness (QED) is 0.176. The summed E-state index contributed by atoms with van der Waals surface area (Å²) in [5.41, 5.74) is 11.2. The molecule has 0 saturated carbocycles. The van der Waals surface area contributed by atoms with Crippen molar-refractivity contribution in [1.82, 2.24) is 15.0 Å². The molecule has 3 heterocycles. The first kappa shape index (κ1) is 32.5. The smallest absolute Gasteiger partial charge is 0.164 e. The number of furan rings is 1. The zero-order valence-corrected chi connectivity index (χ0v) is 31.2. The summed E-state index contributed by atoms with van der Waals surface area (Å²) in [6.45, 7) is 0. The number of hydrogen-bond donors (Lipinski definition) is 0. The fourth-order valence-electron chi connectivity index (χ4n) is 8.75. The SMILES string of the molecule is c1ccc(-c2nc(-c3ccc4ccc5oc6ccc7c(c6c5c4c3)CC(c3ccc4ccccc4c3)=N7)nc(-c3ccc(-c4ccccc4)c4ccccc34)n2)cc1. The van der Waals surface area contributed by atoms with Crippen LogP contribution < -0.4 is 0 Å². The van der Waals surface area contributed by atoms with Crippen molar-refractivity contribution in [3.63, 3.8) is 0 Å². The molecule has 0 fully saturated rings. The Balaban J connectivity index is 1.03. The Morgan fingerprint density at radius 2 is 0.983 bits per heavy atom. The maximum Gasteiger partial charge on any atom is 0.164 e. The summed E-state index contributed by atoms with van der Waals surface area (Å²) >= 11 is 0. The average Bonchev–Trinajstić information content (AvgIpc) is 3.91. The number of rotatable bonds is 5. The summed E-state index contributed by atoms with van der Waals surface area (Å²) in [5, 5.41) is 9.07. The van der Waals surface area contributed by atoms with Gasteiger partial charge >= 0.3 is 0 Å². The summed E-state index contributed by atoms with van der Waals surface area (Å²) in [5.74, 6) is 1.86. The van der Waals surface area contributed by atoms with Crippen LogP contribution in [0.15, 0.2) is 191 Å². The van der Waals surface area contributed by atoms with Crippen LogP contribution in [0.5, 0.6) is 0 Å². The number of hydrogen-bond acceptors (Lipinski definition) is 5. The number of fused-ring (bicyclic) bond motifs is 9. The molecule has 2 aromatic heterocycles. The van der Waals surface area contributed by atoms with Crippen LogP contribution in [0.25, 0.3) is 99.5 Å². The lowest BCUT2D eigenvalue weighted by Crippen LogP contribution is -2.01. The second-order valence-electron chi connectivity index (χ2n) is 15.0. The van der Waals surface area contributed by atoms with E-state index in [4.69, 9.17) is 24.4 Å². The van der Waals surface area contributed by atoms with Gasteiger partial charge in [-0.25, -0.2) is 15.0 Å². The Bertz CT molecular complexity index is 3480. The van der Waals surface area contributed by atoms with E-state index in [-0.39, 0.29) is 0 Å². The second kappa shape index (κ2) is 12.9. The van der Waals surface area contributed by atoms with Gasteiger partial charge in [-0.05, 0) is 91.0 Å². The Morgan fingerprint density at radius 1 is 0.379 bits per heavy atom. The first-order valence-corrected chi connectivity index (χ1v) is 19.6. The van der Waals surface area contributed by atoms with Gasteiger partial charge in [0.2, 0.25) is 0 Å². The largest absolute Gasteiger partial charge is 0.456 e. The number of benzene rings is 9. The van der Waals surface area contributed by atoms with Crippen molar-refractivity contribution in [3.05, 3.63) is 193 Å². The fraction of sp³-hybridized carbons (Fsp3) is 0.0189. The van der Waals surface area contributed by atoms with Crippen LogP contribution in [0.2, 0.25) is 0 Å². The highest BCUT2D eigenvalue weighted by Gasteiger charge is 2.24. The van der Waals surface area contributed by atoms with Crippen LogP contribution in [0, 0.1) is 0 Å². The molecule has 1 aliphatic rings. The van der Waals surface area contributed by atoms with Gasteiger partial charge in [0, 0.05) is 33.9 Å². The first-order valence-electron chi connectivity index (χ1n) is 19.6. The molecule has 270 valence electrons. The molecule has 0 atom stereocenters. The third-order valence-corrected chi connectivity index (χ3v) is 11.6. The van der Waals surface area contributed by atoms with Crippen molar-refractivity contribution >= 4 is 65.7 Å². The molecule has 9 aromatic carbocycles. The van der Waals surface area contributed by atoms with Crippen LogP contribution in [-0.2, 0) is 6.42 Å². The zero-order chi connectivity index (χ0) is 38.2. The molecule has 0 saturated heterocycles. The van der Waals surface area contributed by atoms with E-state index in [1.165, 1.54) is 27.5 Å². The van der Waals surface area contributed by atoms with Crippen LogP contribution in [0.3, 0.4) is 0 Å². The Labute approximate surface area is 333 Å². The third-order valence-electron chi connectivity index (χ3n) is 11.6. The van der Waals surface area contributed by atoms with Gasteiger partial charge in [0.1, 0.15) is 11.2 Å². The van der Waals surface area contributed by atoms with Gasteiger partial charge in [-0.2, -0.15) is 0 Å². The van der Waals surface area contributed by atoms with Crippen molar-refractivity contribution in [2.45, 2.75) is 6.42 Å². The van der Waals surface area contributed by atoms with Gasteiger partial charge in [-0.1, -0.05) is 146 Å². The maximum absolute atomic E-state index is 6.57. The normalized spacial score (nSPS) is 12.5. The minimum atomic E-state index is 0.610. The maximum atomic E-state index is 6.57. The number of aliphatic imine (C=N–C) groups is 1. The Kier molecular flexibility index (Phi) is 7.23. The average molecular weight is 741 g/mol. The molecule has 0 unspecified atom stereocenters. The van der Waals surface area contributed by atoms with E-state index >= 15 is 0 Å². The molecule has 5 heteroatoms. The van der Waals surface area contributed by atoms with Gasteiger partial charge in [0.15, 0.2) is 17.5 Å². The van der Waals surface area contributed by atoms with Gasteiger partial charge < -0.3 is 4.42 Å². The predicted molar refractivity (Wildman–Crippen MR) is 238 cm³/mol. The Hall–Kier alpha value is -7.76. The minimum Gasteiger partial charge on any atom is -0.456 e. The van der Waals surface area contributed by atoms with Gasteiger partial charge in [-0.15, -0.1) is 0 Å². The van der Waals surface area contributed by atoms with Crippen LogP contribution >= 0.6 is 0 Å². The van der Waals surface area contributed by atoms with E-state index in [1.54, 1.807) is 0 Å². The lowest BCUT2D eigenvalue weighted by molar-refractivity contribution is 0.669. The van der Waals surface area contributed by atoms with Crippen molar-refractivity contribution in [2.75, 3.05) is 0 Å². The molecule has 0 aliphatic carbocycles. The highest BCUT2D eigenvalue weighted by atomic mass is 16.3. The molecule has 0 radical (unpaired) electrons. The number of aromatic nitrogens is 3. The van der Waals surface area contributed by atoms with E-state index in [2.05, 4.69) is 164 Å². The number of nitrogens with zero attached hydrogens (tertiary/aromatic N) is 4. The standard InChI is InChI=1S/C53H32N4O/c1-3-12-33(13-4-1)39-24-25-42(41-18-10-9-17-40(39)41)53-56-51(35-14-5-2-6-15-35)55-52(57-53)38-22-20-34-23-27-47-49(43(34)30-38)50-44-31-46(54-45(44)26-28-48(50)58-47)37-21-19-32-11-7-8-16-36(32)29-37/h1-30H,31H2. The van der Waals surface area contributed by atoms with Crippen LogP contribution in [0.4, 0.5) is 5.69 Å². The molecular formula is C53H32N4O. The molecule has 0 amide bonds. The van der Waals surface area contributed by atoms with E-state index in [9.17, 15) is 0 Å². The third kappa shape index (κ3) is 5.25. The zero-order valence-electron chi connectivity index (χ0n) is 31.2. The molecule has 11 aromatic rings. The molecule has 5 nitrogen and oxygen atoms in total. The van der Waals surface area contributed by atoms with Crippen molar-refractivity contribution < 1.29 is 4.42 Å². The molecule has 0 spiro atoms. The van der Waals surface area contributed by atoms with Crippen molar-refractivity contribution in [1.29, 1.82) is 0 Å². The Morgan fingerprint density at radius 3 is 1.81 bits per heavy atom. The minimum absolute atomic E-state index is 0.610. The summed E-state index contributed by atoms with van der Waals surface area (Å²) in [6, 6.07) is 63.5. The predicted octanol–water partition coefficient (Wildman–Crippen LogP) is 13.6. The van der Waals surface area contributed by atoms with Gasteiger partial charge in [0.25, 0.3) is 0 Å².